The van der Waals surface area contributed by atoms with Crippen molar-refractivity contribution in [3.05, 3.63) is 48.0 Å². The zero-order valence-corrected chi connectivity index (χ0v) is 18.9. The van der Waals surface area contributed by atoms with E-state index >= 15 is 0 Å². The molecule has 0 unspecified atom stereocenters. The molecule has 8 heteroatoms. The summed E-state index contributed by atoms with van der Waals surface area (Å²) in [4.78, 5) is 25.4. The highest BCUT2D eigenvalue weighted by Crippen LogP contribution is 2.23. The van der Waals surface area contributed by atoms with Crippen LogP contribution in [-0.2, 0) is 25.5 Å². The van der Waals surface area contributed by atoms with Crippen molar-refractivity contribution >= 4 is 23.0 Å². The summed E-state index contributed by atoms with van der Waals surface area (Å²) in [6.07, 6.45) is 0.988. The predicted molar refractivity (Wildman–Crippen MR) is 119 cm³/mol. The molecule has 0 aliphatic carbocycles. The molecule has 0 fully saturated rings. The first kappa shape index (κ1) is 23.2. The summed E-state index contributed by atoms with van der Waals surface area (Å²) in [5.41, 5.74) is 2.23. The second kappa shape index (κ2) is 9.80. The van der Waals surface area contributed by atoms with Crippen LogP contribution in [0.15, 0.2) is 42.5 Å². The van der Waals surface area contributed by atoms with Crippen molar-refractivity contribution in [2.75, 3.05) is 6.61 Å². The van der Waals surface area contributed by atoms with Gasteiger partial charge in [-0.25, -0.2) is 0 Å². The van der Waals surface area contributed by atoms with E-state index in [2.05, 4.69) is 10.2 Å². The summed E-state index contributed by atoms with van der Waals surface area (Å²) in [7, 11) is 0. The molecule has 32 heavy (non-hydrogen) atoms. The number of carbonyl (C=O) groups excluding carboxylic acids is 2. The summed E-state index contributed by atoms with van der Waals surface area (Å²) < 4.78 is 10.6. The van der Waals surface area contributed by atoms with E-state index in [0.717, 1.165) is 16.6 Å². The van der Waals surface area contributed by atoms with Crippen LogP contribution in [0.3, 0.4) is 0 Å². The fraction of sp³-hybridized carbons (Fsp3) is 0.417. The van der Waals surface area contributed by atoms with E-state index in [1.165, 1.54) is 4.80 Å². The van der Waals surface area contributed by atoms with Crippen LogP contribution < -0.4 is 0 Å². The highest BCUT2D eigenvalue weighted by Gasteiger charge is 2.22. The average Bonchev–Trinajstić information content (AvgIpc) is 3.16. The summed E-state index contributed by atoms with van der Waals surface area (Å²) in [5.74, 6) is -0.998. The maximum absolute atomic E-state index is 12.0. The van der Waals surface area contributed by atoms with Gasteiger partial charge in [0.15, 0.2) is 0 Å². The number of hydrogen-bond acceptors (Lipinski definition) is 7. The Kier molecular flexibility index (Phi) is 7.12. The van der Waals surface area contributed by atoms with Crippen LogP contribution in [0.5, 0.6) is 5.75 Å². The van der Waals surface area contributed by atoms with Gasteiger partial charge < -0.3 is 14.6 Å². The maximum Gasteiger partial charge on any atom is 0.309 e. The van der Waals surface area contributed by atoms with Gasteiger partial charge in [-0.3, -0.25) is 9.59 Å². The number of benzene rings is 2. The molecule has 0 aliphatic heterocycles. The van der Waals surface area contributed by atoms with Gasteiger partial charge in [0.1, 0.15) is 28.1 Å². The van der Waals surface area contributed by atoms with Crippen molar-refractivity contribution in [1.29, 1.82) is 0 Å². The Bertz CT molecular complexity index is 1070. The van der Waals surface area contributed by atoms with Gasteiger partial charge in [0.2, 0.25) is 0 Å². The Labute approximate surface area is 187 Å². The second-order valence-electron chi connectivity index (χ2n) is 8.74. The number of phenols is 1. The Morgan fingerprint density at radius 2 is 1.75 bits per heavy atom. The Balaban J connectivity index is 1.51. The number of carbonyl (C=O) groups is 2. The molecule has 0 bridgehead atoms. The van der Waals surface area contributed by atoms with Crippen LogP contribution in [0.1, 0.15) is 46.1 Å². The minimum Gasteiger partial charge on any atom is -0.506 e. The lowest BCUT2D eigenvalue weighted by Crippen LogP contribution is -2.28. The zero-order valence-electron chi connectivity index (χ0n) is 18.9. The molecule has 1 atom stereocenters. The van der Waals surface area contributed by atoms with Crippen LogP contribution in [-0.4, -0.2) is 44.2 Å². The van der Waals surface area contributed by atoms with E-state index < -0.39 is 5.60 Å². The molecule has 0 spiro atoms. The molecule has 0 amide bonds. The van der Waals surface area contributed by atoms with Gasteiger partial charge in [0.25, 0.3) is 0 Å². The van der Waals surface area contributed by atoms with Crippen molar-refractivity contribution in [3.63, 3.8) is 0 Å². The van der Waals surface area contributed by atoms with E-state index in [-0.39, 0.29) is 36.6 Å². The van der Waals surface area contributed by atoms with Crippen molar-refractivity contribution in [1.82, 2.24) is 15.0 Å². The van der Waals surface area contributed by atoms with Gasteiger partial charge in [-0.1, -0.05) is 25.1 Å². The fourth-order valence-electron chi connectivity index (χ4n) is 3.06. The van der Waals surface area contributed by atoms with E-state index in [0.29, 0.717) is 18.5 Å². The molecule has 8 nitrogen and oxygen atoms in total. The van der Waals surface area contributed by atoms with E-state index in [1.54, 1.807) is 25.1 Å². The summed E-state index contributed by atoms with van der Waals surface area (Å²) in [6, 6.07) is 12.6. The number of rotatable bonds is 8. The average molecular weight is 440 g/mol. The van der Waals surface area contributed by atoms with Crippen LogP contribution in [0.4, 0.5) is 0 Å². The highest BCUT2D eigenvalue weighted by atomic mass is 16.6. The zero-order chi connectivity index (χ0) is 23.3. The van der Waals surface area contributed by atoms with Crippen molar-refractivity contribution in [2.45, 2.75) is 52.6 Å². The topological polar surface area (TPSA) is 104 Å². The Hall–Kier alpha value is -3.42. The van der Waals surface area contributed by atoms with Crippen LogP contribution >= 0.6 is 0 Å². The van der Waals surface area contributed by atoms with E-state index in [1.807, 2.05) is 45.0 Å². The fourth-order valence-corrected chi connectivity index (χ4v) is 3.06. The lowest BCUT2D eigenvalue weighted by atomic mass is 10.1. The van der Waals surface area contributed by atoms with Gasteiger partial charge in [-0.15, -0.1) is 15.0 Å². The van der Waals surface area contributed by atoms with Gasteiger partial charge in [0.05, 0.1) is 12.5 Å². The van der Waals surface area contributed by atoms with Crippen LogP contribution in [0.25, 0.3) is 16.7 Å². The lowest BCUT2D eigenvalue weighted by molar-refractivity contribution is -0.159. The minimum atomic E-state index is -0.548. The lowest BCUT2D eigenvalue weighted by Gasteiger charge is -2.22. The number of esters is 2. The SMILES string of the molecule is C[C@@H](CCC(=O)OCCc1ccc(O)c(-n2nc3ccccc3n2)c1)C(=O)OC(C)(C)C. The molecule has 0 saturated heterocycles. The summed E-state index contributed by atoms with van der Waals surface area (Å²) >= 11 is 0. The van der Waals surface area contributed by atoms with Gasteiger partial charge in [-0.2, -0.15) is 0 Å². The number of fused-ring (bicyclic) bond motifs is 1. The highest BCUT2D eigenvalue weighted by molar-refractivity contribution is 5.75. The molecule has 0 saturated carbocycles. The maximum atomic E-state index is 12.0. The molecule has 0 radical (unpaired) electrons. The van der Waals surface area contributed by atoms with Crippen LogP contribution in [0.2, 0.25) is 0 Å². The molecule has 1 N–H and O–H groups in total. The number of hydrogen-bond donors (Lipinski definition) is 1. The third-order valence-corrected chi connectivity index (χ3v) is 4.79. The third-order valence-electron chi connectivity index (χ3n) is 4.79. The number of phenolic OH excluding ortho intramolecular Hbond substituents is 1. The number of aromatic hydroxyl groups is 1. The first-order valence-electron chi connectivity index (χ1n) is 10.7. The molecule has 170 valence electrons. The Morgan fingerprint density at radius 1 is 1.09 bits per heavy atom. The quantitative estimate of drug-likeness (QED) is 0.530. The third kappa shape index (κ3) is 6.29. The van der Waals surface area contributed by atoms with E-state index in [9.17, 15) is 14.7 Å². The predicted octanol–water partition coefficient (Wildman–Crippen LogP) is 3.97. The standard InChI is InChI=1S/C24H29N3O5/c1-16(23(30)32-24(2,3)4)9-12-22(29)31-14-13-17-10-11-21(28)20(15-17)27-25-18-7-5-6-8-19(18)26-27/h5-8,10-11,15-16,28H,9,12-14H2,1-4H3/t16-/m0/s1. The largest absolute Gasteiger partial charge is 0.506 e. The summed E-state index contributed by atoms with van der Waals surface area (Å²) in [6.45, 7) is 7.37. The number of nitrogens with zero attached hydrogens (tertiary/aromatic N) is 3. The Morgan fingerprint density at radius 3 is 2.38 bits per heavy atom. The molecular weight excluding hydrogens is 410 g/mol. The first-order chi connectivity index (χ1) is 15.1. The monoisotopic (exact) mass is 439 g/mol. The number of aromatic nitrogens is 3. The van der Waals surface area contributed by atoms with Crippen LogP contribution in [0, 0.1) is 5.92 Å². The van der Waals surface area contributed by atoms with E-state index in [4.69, 9.17) is 9.47 Å². The molecule has 3 rings (SSSR count). The van der Waals surface area contributed by atoms with Gasteiger partial charge in [-0.05, 0) is 57.0 Å². The summed E-state index contributed by atoms with van der Waals surface area (Å²) in [5, 5.41) is 19.0. The minimum absolute atomic E-state index is 0.0576. The molecule has 1 aromatic heterocycles. The molecule has 0 aliphatic rings. The van der Waals surface area contributed by atoms with Crippen molar-refractivity contribution < 1.29 is 24.2 Å². The molecule has 2 aromatic carbocycles. The van der Waals surface area contributed by atoms with Crippen molar-refractivity contribution in [3.8, 4) is 11.4 Å². The number of ether oxygens (including phenoxy) is 2. The normalized spacial score (nSPS) is 12.5. The first-order valence-corrected chi connectivity index (χ1v) is 10.7. The molecule has 3 aromatic rings. The second-order valence-corrected chi connectivity index (χ2v) is 8.74. The van der Waals surface area contributed by atoms with Crippen molar-refractivity contribution in [2.24, 2.45) is 5.92 Å². The van der Waals surface area contributed by atoms with Gasteiger partial charge in [0, 0.05) is 12.8 Å². The molecular formula is C24H29N3O5. The molecule has 1 heterocycles. The van der Waals surface area contributed by atoms with Gasteiger partial charge >= 0.3 is 11.9 Å². The smallest absolute Gasteiger partial charge is 0.309 e.